The van der Waals surface area contributed by atoms with Crippen LogP contribution in [-0.2, 0) is 9.59 Å². The van der Waals surface area contributed by atoms with Gasteiger partial charge in [-0.25, -0.2) is 5.48 Å². The summed E-state index contributed by atoms with van der Waals surface area (Å²) in [5.74, 6) is -0.485. The Morgan fingerprint density at radius 1 is 1.75 bits per heavy atom. The molecule has 0 saturated carbocycles. The largest absolute Gasteiger partial charge is 0.355 e. The van der Waals surface area contributed by atoms with Gasteiger partial charge < -0.3 is 5.32 Å². The van der Waals surface area contributed by atoms with E-state index < -0.39 is 11.3 Å². The fourth-order valence-electron chi connectivity index (χ4n) is 1.19. The Kier molecular flexibility index (Phi) is 2.32. The first-order valence-corrected chi connectivity index (χ1v) is 3.80. The Balaban J connectivity index is 2.61. The molecule has 1 unspecified atom stereocenters. The number of piperidine rings is 1. The van der Waals surface area contributed by atoms with Crippen molar-refractivity contribution < 1.29 is 14.8 Å². The summed E-state index contributed by atoms with van der Waals surface area (Å²) in [7, 11) is 0. The van der Waals surface area contributed by atoms with Crippen LogP contribution in [0.15, 0.2) is 0 Å². The quantitative estimate of drug-likeness (QED) is 0.365. The number of carbonyl (C=O) groups is 2. The molecule has 3 N–H and O–H groups in total. The molecule has 1 fully saturated rings. The van der Waals surface area contributed by atoms with E-state index in [0.717, 1.165) is 0 Å². The van der Waals surface area contributed by atoms with E-state index in [1.807, 2.05) is 0 Å². The molecule has 1 heterocycles. The highest BCUT2D eigenvalue weighted by molar-refractivity contribution is 5.85. The van der Waals surface area contributed by atoms with Gasteiger partial charge in [0.1, 0.15) is 0 Å². The summed E-state index contributed by atoms with van der Waals surface area (Å²) in [4.78, 5) is 21.8. The van der Waals surface area contributed by atoms with Crippen molar-refractivity contribution in [2.75, 3.05) is 6.54 Å². The van der Waals surface area contributed by atoms with Gasteiger partial charge in [0, 0.05) is 13.0 Å². The highest BCUT2D eigenvalue weighted by Gasteiger charge is 2.36. The number of hydroxylamine groups is 1. The molecule has 1 rings (SSSR count). The maximum Gasteiger partial charge on any atom is 0.251 e. The third-order valence-electron chi connectivity index (χ3n) is 2.23. The molecular formula is C7H12N2O3. The van der Waals surface area contributed by atoms with Crippen LogP contribution < -0.4 is 10.8 Å². The molecule has 0 spiro atoms. The lowest BCUT2D eigenvalue weighted by atomic mass is 9.82. The first-order valence-electron chi connectivity index (χ1n) is 3.80. The van der Waals surface area contributed by atoms with Gasteiger partial charge in [0.15, 0.2) is 0 Å². The van der Waals surface area contributed by atoms with Crippen LogP contribution in [0.5, 0.6) is 0 Å². The number of hydrogen-bond acceptors (Lipinski definition) is 3. The number of amides is 2. The van der Waals surface area contributed by atoms with Crippen LogP contribution in [0, 0.1) is 5.41 Å². The summed E-state index contributed by atoms with van der Waals surface area (Å²) in [6.07, 6.45) is 0.815. The van der Waals surface area contributed by atoms with Crippen molar-refractivity contribution >= 4 is 11.8 Å². The molecule has 2 amide bonds. The second kappa shape index (κ2) is 3.10. The van der Waals surface area contributed by atoms with Crippen molar-refractivity contribution in [3.63, 3.8) is 0 Å². The second-order valence-corrected chi connectivity index (χ2v) is 3.28. The minimum Gasteiger partial charge on any atom is -0.355 e. The van der Waals surface area contributed by atoms with Crippen LogP contribution in [-0.4, -0.2) is 23.6 Å². The van der Waals surface area contributed by atoms with Gasteiger partial charge in [-0.05, 0) is 13.3 Å². The molecular weight excluding hydrogens is 160 g/mol. The van der Waals surface area contributed by atoms with Crippen LogP contribution >= 0.6 is 0 Å². The van der Waals surface area contributed by atoms with Gasteiger partial charge >= 0.3 is 0 Å². The monoisotopic (exact) mass is 172 g/mol. The average molecular weight is 172 g/mol. The first-order chi connectivity index (χ1) is 5.58. The van der Waals surface area contributed by atoms with Crippen LogP contribution in [0.1, 0.15) is 19.8 Å². The van der Waals surface area contributed by atoms with Crippen molar-refractivity contribution in [1.29, 1.82) is 0 Å². The van der Waals surface area contributed by atoms with E-state index in [1.165, 1.54) is 0 Å². The minimum atomic E-state index is -0.664. The van der Waals surface area contributed by atoms with Crippen molar-refractivity contribution in [3.05, 3.63) is 0 Å². The Morgan fingerprint density at radius 3 is 2.83 bits per heavy atom. The standard InChI is InChI=1S/C7H12N2O3/c1-7(6(11)9-12)3-2-5(10)8-4-7/h12H,2-4H2,1H3,(H,8,10)(H,9,11). The van der Waals surface area contributed by atoms with E-state index in [9.17, 15) is 9.59 Å². The molecule has 1 saturated heterocycles. The van der Waals surface area contributed by atoms with Gasteiger partial charge in [0.2, 0.25) is 5.91 Å². The molecule has 5 heteroatoms. The highest BCUT2D eigenvalue weighted by Crippen LogP contribution is 2.25. The Morgan fingerprint density at radius 2 is 2.42 bits per heavy atom. The Hall–Kier alpha value is -1.10. The number of rotatable bonds is 1. The Bertz CT molecular complexity index is 205. The average Bonchev–Trinajstić information content (AvgIpc) is 2.09. The zero-order valence-electron chi connectivity index (χ0n) is 6.89. The first kappa shape index (κ1) is 8.99. The normalized spacial score (nSPS) is 29.3. The van der Waals surface area contributed by atoms with Gasteiger partial charge in [0.25, 0.3) is 5.91 Å². The van der Waals surface area contributed by atoms with Crippen molar-refractivity contribution in [2.24, 2.45) is 5.41 Å². The van der Waals surface area contributed by atoms with Crippen LogP contribution in [0.3, 0.4) is 0 Å². The van der Waals surface area contributed by atoms with Crippen molar-refractivity contribution in [2.45, 2.75) is 19.8 Å². The zero-order valence-corrected chi connectivity index (χ0v) is 6.89. The maximum absolute atomic E-state index is 11.1. The third-order valence-corrected chi connectivity index (χ3v) is 2.23. The lowest BCUT2D eigenvalue weighted by Crippen LogP contribution is -2.49. The molecule has 0 bridgehead atoms. The molecule has 12 heavy (non-hydrogen) atoms. The zero-order chi connectivity index (χ0) is 9.19. The molecule has 0 radical (unpaired) electrons. The van der Waals surface area contributed by atoms with E-state index in [4.69, 9.17) is 5.21 Å². The molecule has 5 nitrogen and oxygen atoms in total. The van der Waals surface area contributed by atoms with E-state index in [1.54, 1.807) is 12.4 Å². The number of carbonyl (C=O) groups excluding carboxylic acids is 2. The molecule has 0 aromatic carbocycles. The smallest absolute Gasteiger partial charge is 0.251 e. The predicted molar refractivity (Wildman–Crippen MR) is 40.3 cm³/mol. The van der Waals surface area contributed by atoms with Crippen LogP contribution in [0.25, 0.3) is 0 Å². The van der Waals surface area contributed by atoms with E-state index >= 15 is 0 Å². The SMILES string of the molecule is CC1(C(=O)NO)CCC(=O)NC1. The Labute approximate surface area is 70.1 Å². The molecule has 0 aliphatic carbocycles. The van der Waals surface area contributed by atoms with Crippen LogP contribution in [0.4, 0.5) is 0 Å². The summed E-state index contributed by atoms with van der Waals surface area (Å²) < 4.78 is 0. The summed E-state index contributed by atoms with van der Waals surface area (Å²) >= 11 is 0. The fraction of sp³-hybridized carbons (Fsp3) is 0.714. The second-order valence-electron chi connectivity index (χ2n) is 3.28. The summed E-state index contributed by atoms with van der Waals surface area (Å²) in [6, 6.07) is 0. The lowest BCUT2D eigenvalue weighted by Gasteiger charge is -2.30. The van der Waals surface area contributed by atoms with Gasteiger partial charge in [-0.1, -0.05) is 0 Å². The summed E-state index contributed by atoms with van der Waals surface area (Å²) in [6.45, 7) is 2.00. The molecule has 1 aliphatic rings. The molecule has 68 valence electrons. The van der Waals surface area contributed by atoms with Gasteiger partial charge in [-0.15, -0.1) is 0 Å². The highest BCUT2D eigenvalue weighted by atomic mass is 16.5. The van der Waals surface area contributed by atoms with E-state index in [2.05, 4.69) is 5.32 Å². The number of hydrogen-bond donors (Lipinski definition) is 3. The molecule has 0 aromatic rings. The number of nitrogens with one attached hydrogen (secondary N) is 2. The summed E-state index contributed by atoms with van der Waals surface area (Å²) in [5, 5.41) is 11.0. The van der Waals surface area contributed by atoms with Crippen LogP contribution in [0.2, 0.25) is 0 Å². The van der Waals surface area contributed by atoms with Gasteiger partial charge in [-0.3, -0.25) is 14.8 Å². The molecule has 0 aromatic heterocycles. The van der Waals surface area contributed by atoms with E-state index in [0.29, 0.717) is 12.8 Å². The minimum absolute atomic E-state index is 0.0433. The van der Waals surface area contributed by atoms with Gasteiger partial charge in [-0.2, -0.15) is 0 Å². The maximum atomic E-state index is 11.1. The van der Waals surface area contributed by atoms with E-state index in [-0.39, 0.29) is 12.5 Å². The molecule has 1 aliphatic heterocycles. The van der Waals surface area contributed by atoms with Crippen molar-refractivity contribution in [3.8, 4) is 0 Å². The third kappa shape index (κ3) is 1.55. The van der Waals surface area contributed by atoms with Crippen molar-refractivity contribution in [1.82, 2.24) is 10.8 Å². The lowest BCUT2D eigenvalue weighted by molar-refractivity contribution is -0.141. The molecule has 1 atom stereocenters. The summed E-state index contributed by atoms with van der Waals surface area (Å²) in [5.41, 5.74) is 0.936. The topological polar surface area (TPSA) is 78.4 Å². The van der Waals surface area contributed by atoms with Gasteiger partial charge in [0.05, 0.1) is 5.41 Å². The fourth-order valence-corrected chi connectivity index (χ4v) is 1.19. The predicted octanol–water partition coefficient (Wildman–Crippen LogP) is -0.592.